The van der Waals surface area contributed by atoms with Gasteiger partial charge in [0.25, 0.3) is 0 Å². The Morgan fingerprint density at radius 1 is 1.53 bits per heavy atom. The minimum absolute atomic E-state index is 0.0916. The SMILES string of the molecule is CCNC(=O)N1CCC[C@H](C(=O)OC)C1. The molecule has 0 aromatic heterocycles. The number of amides is 2. The van der Waals surface area contributed by atoms with Gasteiger partial charge in [-0.25, -0.2) is 4.79 Å². The van der Waals surface area contributed by atoms with Crippen molar-refractivity contribution < 1.29 is 14.3 Å². The van der Waals surface area contributed by atoms with E-state index in [1.165, 1.54) is 7.11 Å². The fraction of sp³-hybridized carbons (Fsp3) is 0.800. The molecule has 1 aliphatic heterocycles. The van der Waals surface area contributed by atoms with Gasteiger partial charge >= 0.3 is 12.0 Å². The van der Waals surface area contributed by atoms with E-state index >= 15 is 0 Å². The maximum atomic E-state index is 11.5. The van der Waals surface area contributed by atoms with Crippen molar-refractivity contribution in [3.05, 3.63) is 0 Å². The predicted octanol–water partition coefficient (Wildman–Crippen LogP) is 0.601. The highest BCUT2D eigenvalue weighted by Gasteiger charge is 2.28. The van der Waals surface area contributed by atoms with Gasteiger partial charge in [0.1, 0.15) is 0 Å². The van der Waals surface area contributed by atoms with Crippen LogP contribution < -0.4 is 5.32 Å². The highest BCUT2D eigenvalue weighted by Crippen LogP contribution is 2.17. The van der Waals surface area contributed by atoms with Crippen molar-refractivity contribution in [2.24, 2.45) is 5.92 Å². The van der Waals surface area contributed by atoms with Crippen molar-refractivity contribution in [1.29, 1.82) is 0 Å². The highest BCUT2D eigenvalue weighted by molar-refractivity contribution is 5.77. The van der Waals surface area contributed by atoms with E-state index in [0.717, 1.165) is 19.4 Å². The molecule has 0 saturated carbocycles. The van der Waals surface area contributed by atoms with E-state index in [4.69, 9.17) is 0 Å². The van der Waals surface area contributed by atoms with E-state index in [1.807, 2.05) is 6.92 Å². The quantitative estimate of drug-likeness (QED) is 0.685. The molecule has 0 aromatic rings. The normalized spacial score (nSPS) is 20.9. The van der Waals surface area contributed by atoms with Crippen LogP contribution in [0.1, 0.15) is 19.8 Å². The minimum Gasteiger partial charge on any atom is -0.469 e. The van der Waals surface area contributed by atoms with Crippen LogP contribution in [0.3, 0.4) is 0 Å². The van der Waals surface area contributed by atoms with Crippen molar-refractivity contribution in [2.75, 3.05) is 26.7 Å². The van der Waals surface area contributed by atoms with Crippen LogP contribution in [0.2, 0.25) is 0 Å². The molecule has 5 nitrogen and oxygen atoms in total. The van der Waals surface area contributed by atoms with Crippen LogP contribution in [-0.4, -0.2) is 43.6 Å². The minimum atomic E-state index is -0.219. The number of piperidine rings is 1. The van der Waals surface area contributed by atoms with E-state index in [0.29, 0.717) is 13.1 Å². The summed E-state index contributed by atoms with van der Waals surface area (Å²) in [5.74, 6) is -0.379. The molecule has 1 atom stereocenters. The number of hydrogen-bond donors (Lipinski definition) is 1. The Morgan fingerprint density at radius 3 is 2.87 bits per heavy atom. The van der Waals surface area contributed by atoms with Crippen molar-refractivity contribution in [2.45, 2.75) is 19.8 Å². The second kappa shape index (κ2) is 5.58. The second-order valence-electron chi connectivity index (χ2n) is 3.64. The molecule has 5 heteroatoms. The summed E-state index contributed by atoms with van der Waals surface area (Å²) >= 11 is 0. The first-order valence-corrected chi connectivity index (χ1v) is 5.29. The first-order valence-electron chi connectivity index (χ1n) is 5.29. The van der Waals surface area contributed by atoms with Gasteiger partial charge in [0.05, 0.1) is 13.0 Å². The number of carbonyl (C=O) groups is 2. The van der Waals surface area contributed by atoms with Crippen molar-refractivity contribution in [1.82, 2.24) is 10.2 Å². The summed E-state index contributed by atoms with van der Waals surface area (Å²) < 4.78 is 4.68. The van der Waals surface area contributed by atoms with Gasteiger partial charge in [0.2, 0.25) is 0 Å². The Morgan fingerprint density at radius 2 is 2.27 bits per heavy atom. The molecule has 1 rings (SSSR count). The fourth-order valence-corrected chi connectivity index (χ4v) is 1.78. The molecule has 1 heterocycles. The Bertz CT molecular complexity index is 243. The van der Waals surface area contributed by atoms with E-state index in [1.54, 1.807) is 4.90 Å². The van der Waals surface area contributed by atoms with Gasteiger partial charge in [-0.15, -0.1) is 0 Å². The van der Waals surface area contributed by atoms with Crippen LogP contribution in [0.15, 0.2) is 0 Å². The summed E-state index contributed by atoms with van der Waals surface area (Å²) in [6.45, 7) is 3.68. The van der Waals surface area contributed by atoms with Gasteiger partial charge in [-0.05, 0) is 19.8 Å². The Labute approximate surface area is 89.8 Å². The molecule has 15 heavy (non-hydrogen) atoms. The first kappa shape index (κ1) is 11.8. The fourth-order valence-electron chi connectivity index (χ4n) is 1.78. The monoisotopic (exact) mass is 214 g/mol. The molecule has 0 aliphatic carbocycles. The third-order valence-corrected chi connectivity index (χ3v) is 2.57. The van der Waals surface area contributed by atoms with Gasteiger partial charge < -0.3 is 15.0 Å². The second-order valence-corrected chi connectivity index (χ2v) is 3.64. The van der Waals surface area contributed by atoms with Gasteiger partial charge in [-0.3, -0.25) is 4.79 Å². The molecule has 2 amide bonds. The lowest BCUT2D eigenvalue weighted by Gasteiger charge is -2.31. The summed E-state index contributed by atoms with van der Waals surface area (Å²) in [5, 5.41) is 2.73. The average molecular weight is 214 g/mol. The first-order chi connectivity index (χ1) is 7.19. The van der Waals surface area contributed by atoms with Gasteiger partial charge in [0, 0.05) is 19.6 Å². The number of ether oxygens (including phenoxy) is 1. The molecule has 0 aromatic carbocycles. The summed E-state index contributed by atoms with van der Waals surface area (Å²) in [6, 6.07) is -0.0916. The molecule has 1 saturated heterocycles. The molecule has 1 N–H and O–H groups in total. The number of hydrogen-bond acceptors (Lipinski definition) is 3. The molecule has 0 unspecified atom stereocenters. The molecule has 86 valence electrons. The molecular formula is C10H18N2O3. The van der Waals surface area contributed by atoms with Gasteiger partial charge in [-0.2, -0.15) is 0 Å². The zero-order valence-electron chi connectivity index (χ0n) is 9.28. The topological polar surface area (TPSA) is 58.6 Å². The predicted molar refractivity (Wildman–Crippen MR) is 55.4 cm³/mol. The van der Waals surface area contributed by atoms with E-state index < -0.39 is 0 Å². The number of nitrogens with zero attached hydrogens (tertiary/aromatic N) is 1. The number of urea groups is 1. The van der Waals surface area contributed by atoms with Crippen LogP contribution in [0.25, 0.3) is 0 Å². The summed E-state index contributed by atoms with van der Waals surface area (Å²) in [5.41, 5.74) is 0. The smallest absolute Gasteiger partial charge is 0.317 e. The summed E-state index contributed by atoms with van der Waals surface area (Å²) in [6.07, 6.45) is 1.67. The summed E-state index contributed by atoms with van der Waals surface area (Å²) in [7, 11) is 1.38. The number of rotatable bonds is 2. The van der Waals surface area contributed by atoms with E-state index in [-0.39, 0.29) is 17.9 Å². The third kappa shape index (κ3) is 3.11. The maximum Gasteiger partial charge on any atom is 0.317 e. The lowest BCUT2D eigenvalue weighted by molar-refractivity contribution is -0.146. The third-order valence-electron chi connectivity index (χ3n) is 2.57. The molecule has 0 radical (unpaired) electrons. The average Bonchev–Trinajstić information content (AvgIpc) is 2.28. The Balaban J connectivity index is 2.48. The zero-order valence-corrected chi connectivity index (χ0v) is 9.28. The lowest BCUT2D eigenvalue weighted by atomic mass is 9.98. The lowest BCUT2D eigenvalue weighted by Crippen LogP contribution is -2.47. The number of esters is 1. The number of likely N-dealkylation sites (tertiary alicyclic amines) is 1. The number of methoxy groups -OCH3 is 1. The van der Waals surface area contributed by atoms with Crippen LogP contribution in [0.5, 0.6) is 0 Å². The van der Waals surface area contributed by atoms with Gasteiger partial charge in [0.15, 0.2) is 0 Å². The number of carbonyl (C=O) groups excluding carboxylic acids is 2. The molecule has 0 spiro atoms. The zero-order chi connectivity index (χ0) is 11.3. The van der Waals surface area contributed by atoms with Crippen LogP contribution in [0.4, 0.5) is 4.79 Å². The standard InChI is InChI=1S/C10H18N2O3/c1-3-11-10(14)12-6-4-5-8(7-12)9(13)15-2/h8H,3-7H2,1-2H3,(H,11,14)/t8-/m0/s1. The van der Waals surface area contributed by atoms with Crippen LogP contribution in [0, 0.1) is 5.92 Å². The summed E-state index contributed by atoms with van der Waals surface area (Å²) in [4.78, 5) is 24.5. The van der Waals surface area contributed by atoms with E-state index in [2.05, 4.69) is 10.1 Å². The van der Waals surface area contributed by atoms with Crippen molar-refractivity contribution in [3.8, 4) is 0 Å². The van der Waals surface area contributed by atoms with Crippen LogP contribution in [-0.2, 0) is 9.53 Å². The highest BCUT2D eigenvalue weighted by atomic mass is 16.5. The van der Waals surface area contributed by atoms with Gasteiger partial charge in [-0.1, -0.05) is 0 Å². The van der Waals surface area contributed by atoms with Crippen molar-refractivity contribution in [3.63, 3.8) is 0 Å². The largest absolute Gasteiger partial charge is 0.469 e. The Hall–Kier alpha value is -1.26. The van der Waals surface area contributed by atoms with E-state index in [9.17, 15) is 9.59 Å². The Kier molecular flexibility index (Phi) is 4.39. The molecule has 1 aliphatic rings. The molecule has 0 bridgehead atoms. The van der Waals surface area contributed by atoms with Crippen LogP contribution >= 0.6 is 0 Å². The maximum absolute atomic E-state index is 11.5. The molecular weight excluding hydrogens is 196 g/mol. The number of nitrogens with one attached hydrogen (secondary N) is 1. The van der Waals surface area contributed by atoms with Crippen molar-refractivity contribution >= 4 is 12.0 Å². The molecule has 1 fully saturated rings.